The maximum atomic E-state index is 10.6. The molecule has 0 saturated carbocycles. The largest absolute Gasteiger partial charge is 0.480 e. The maximum Gasteiger partial charge on any atom is 0.320 e. The van der Waals surface area contributed by atoms with Crippen molar-refractivity contribution in [3.63, 3.8) is 0 Å². The summed E-state index contributed by atoms with van der Waals surface area (Å²) in [5.41, 5.74) is 9.02. The lowest BCUT2D eigenvalue weighted by Gasteiger charge is -2.07. The summed E-state index contributed by atoms with van der Waals surface area (Å²) in [4.78, 5) is 10.6. The minimum absolute atomic E-state index is 0.223. The average molecular weight is 257 g/mol. The molecule has 4 N–H and O–H groups in total. The minimum Gasteiger partial charge on any atom is -0.480 e. The second-order valence-corrected chi connectivity index (χ2v) is 3.64. The highest BCUT2D eigenvalue weighted by Gasteiger charge is 2.11. The fourth-order valence-corrected chi connectivity index (χ4v) is 1.25. The first-order chi connectivity index (χ1) is 9.06. The second kappa shape index (κ2) is 6.74. The number of nitrogens with one attached hydrogen (secondary N) is 1. The van der Waals surface area contributed by atoms with Gasteiger partial charge in [-0.25, -0.2) is 0 Å². The fourth-order valence-electron chi connectivity index (χ4n) is 1.25. The predicted octanol–water partition coefficient (Wildman–Crippen LogP) is 0.456. The Bertz CT molecular complexity index is 549. The molecule has 1 aromatic carbocycles. The van der Waals surface area contributed by atoms with Gasteiger partial charge in [0.15, 0.2) is 0 Å². The maximum absolute atomic E-state index is 10.6. The molecule has 0 bridgehead atoms. The Hall–Kier alpha value is -2.90. The molecule has 0 radical (unpaired) electrons. The number of hydrogen-bond donors (Lipinski definition) is 3. The summed E-state index contributed by atoms with van der Waals surface area (Å²) in [5, 5.41) is 29.2. The number of rotatable bonds is 5. The average Bonchev–Trinajstić information content (AvgIpc) is 2.41. The quantitative estimate of drug-likeness (QED) is 0.517. The number of nitrogens with zero attached hydrogens (tertiary/aromatic N) is 3. The summed E-state index contributed by atoms with van der Waals surface area (Å²) in [6.07, 6.45) is 0.223. The minimum atomic E-state index is -1.06. The zero-order chi connectivity index (χ0) is 14.3. The molecule has 0 aliphatic heterocycles. The summed E-state index contributed by atoms with van der Waals surface area (Å²) in [6.45, 7) is 0. The van der Waals surface area contributed by atoms with E-state index >= 15 is 0 Å². The molecule has 0 aliphatic rings. The molecule has 1 rings (SSSR count). The van der Waals surface area contributed by atoms with Crippen LogP contribution in [0.25, 0.3) is 0 Å². The highest BCUT2D eigenvalue weighted by atomic mass is 16.4. The Morgan fingerprint density at radius 2 is 1.95 bits per heavy atom. The van der Waals surface area contributed by atoms with E-state index in [0.717, 1.165) is 5.56 Å². The van der Waals surface area contributed by atoms with Crippen molar-refractivity contribution in [2.75, 3.05) is 5.43 Å². The lowest BCUT2D eigenvalue weighted by Crippen LogP contribution is -2.32. The first-order valence-electron chi connectivity index (χ1n) is 5.28. The van der Waals surface area contributed by atoms with Crippen LogP contribution in [0.5, 0.6) is 0 Å². The molecule has 0 spiro atoms. The van der Waals surface area contributed by atoms with E-state index in [-0.39, 0.29) is 12.1 Å². The van der Waals surface area contributed by atoms with E-state index in [4.69, 9.17) is 21.4 Å². The third-order valence-corrected chi connectivity index (χ3v) is 2.24. The molecule has 0 heterocycles. The number of carbonyl (C=O) groups is 1. The highest BCUT2D eigenvalue weighted by Crippen LogP contribution is 2.11. The van der Waals surface area contributed by atoms with Crippen LogP contribution >= 0.6 is 0 Å². The predicted molar refractivity (Wildman–Crippen MR) is 68.0 cm³/mol. The Balaban J connectivity index is 2.68. The van der Waals surface area contributed by atoms with Crippen molar-refractivity contribution in [1.82, 2.24) is 0 Å². The van der Waals surface area contributed by atoms with E-state index in [2.05, 4.69) is 10.5 Å². The molecule has 0 aromatic heterocycles. The van der Waals surface area contributed by atoms with Crippen molar-refractivity contribution >= 4 is 17.4 Å². The molecule has 96 valence electrons. The van der Waals surface area contributed by atoms with Gasteiger partial charge in [0.1, 0.15) is 18.2 Å². The first-order valence-corrected chi connectivity index (χ1v) is 5.28. The van der Waals surface area contributed by atoms with Crippen molar-refractivity contribution < 1.29 is 9.90 Å². The lowest BCUT2D eigenvalue weighted by molar-refractivity contribution is -0.138. The molecule has 1 aromatic rings. The van der Waals surface area contributed by atoms with Crippen LogP contribution in [-0.2, 0) is 11.2 Å². The van der Waals surface area contributed by atoms with Crippen LogP contribution in [-0.4, -0.2) is 22.8 Å². The topological polar surface area (TPSA) is 135 Å². The normalized spacial score (nSPS) is 10.7. The van der Waals surface area contributed by atoms with E-state index in [1.807, 2.05) is 0 Å². The number of hydrazone groups is 1. The summed E-state index contributed by atoms with van der Waals surface area (Å²) in [7, 11) is 0. The van der Waals surface area contributed by atoms with Gasteiger partial charge in [-0.1, -0.05) is 12.1 Å². The number of anilines is 1. The van der Waals surface area contributed by atoms with Gasteiger partial charge >= 0.3 is 5.97 Å². The SMILES string of the molecule is N#CC(C#N)=NNc1ccc(CC(N)C(=O)O)cc1. The van der Waals surface area contributed by atoms with Gasteiger partial charge in [0.05, 0.1) is 5.69 Å². The van der Waals surface area contributed by atoms with Crippen LogP contribution in [0.1, 0.15) is 5.56 Å². The second-order valence-electron chi connectivity index (χ2n) is 3.64. The number of aliphatic carboxylic acids is 1. The fraction of sp³-hybridized carbons (Fsp3) is 0.167. The summed E-state index contributed by atoms with van der Waals surface area (Å²) in [6, 6.07) is 8.98. The van der Waals surface area contributed by atoms with Crippen LogP contribution in [0.15, 0.2) is 29.4 Å². The van der Waals surface area contributed by atoms with E-state index in [0.29, 0.717) is 5.69 Å². The molecule has 7 nitrogen and oxygen atoms in total. The number of carboxylic acids is 1. The van der Waals surface area contributed by atoms with Crippen molar-refractivity contribution in [2.45, 2.75) is 12.5 Å². The zero-order valence-corrected chi connectivity index (χ0v) is 9.87. The number of nitriles is 2. The van der Waals surface area contributed by atoms with Gasteiger partial charge in [0, 0.05) is 0 Å². The third-order valence-electron chi connectivity index (χ3n) is 2.24. The molecule has 0 fully saturated rings. The molecule has 0 saturated heterocycles. The Morgan fingerprint density at radius 3 is 2.42 bits per heavy atom. The molecule has 19 heavy (non-hydrogen) atoms. The van der Waals surface area contributed by atoms with E-state index < -0.39 is 12.0 Å². The molecule has 1 atom stereocenters. The van der Waals surface area contributed by atoms with Crippen LogP contribution in [0.2, 0.25) is 0 Å². The highest BCUT2D eigenvalue weighted by molar-refractivity contribution is 6.10. The zero-order valence-electron chi connectivity index (χ0n) is 9.87. The monoisotopic (exact) mass is 257 g/mol. The molecular formula is C12H11N5O2. The van der Waals surface area contributed by atoms with Crippen LogP contribution in [0.4, 0.5) is 5.69 Å². The summed E-state index contributed by atoms with van der Waals surface area (Å²) in [5.74, 6) is -1.06. The van der Waals surface area contributed by atoms with Gasteiger partial charge in [0.2, 0.25) is 5.71 Å². The molecule has 7 heteroatoms. The van der Waals surface area contributed by atoms with E-state index in [1.165, 1.54) is 0 Å². The van der Waals surface area contributed by atoms with Gasteiger partial charge in [-0.05, 0) is 24.1 Å². The lowest BCUT2D eigenvalue weighted by atomic mass is 10.1. The number of carboxylic acid groups (broad SMARTS) is 1. The third kappa shape index (κ3) is 4.46. The smallest absolute Gasteiger partial charge is 0.320 e. The van der Waals surface area contributed by atoms with Gasteiger partial charge < -0.3 is 10.8 Å². The van der Waals surface area contributed by atoms with Crippen LogP contribution in [0.3, 0.4) is 0 Å². The Morgan fingerprint density at radius 1 is 1.37 bits per heavy atom. The molecule has 0 aliphatic carbocycles. The summed E-state index contributed by atoms with van der Waals surface area (Å²) >= 11 is 0. The van der Waals surface area contributed by atoms with E-state index in [1.54, 1.807) is 36.4 Å². The Kier molecular flexibility index (Phi) is 5.03. The number of nitrogens with two attached hydrogens (primary N) is 1. The van der Waals surface area contributed by atoms with Gasteiger partial charge in [0.25, 0.3) is 0 Å². The van der Waals surface area contributed by atoms with E-state index in [9.17, 15) is 4.79 Å². The van der Waals surface area contributed by atoms with Gasteiger partial charge in [-0.2, -0.15) is 15.6 Å². The molecular weight excluding hydrogens is 246 g/mol. The standard InChI is InChI=1S/C12H11N5O2/c13-6-10(7-14)17-16-9-3-1-8(2-4-9)5-11(15)12(18)19/h1-4,11,16H,5,15H2,(H,18,19). The Labute approximate surface area is 109 Å². The van der Waals surface area contributed by atoms with Gasteiger partial charge in [-0.15, -0.1) is 0 Å². The summed E-state index contributed by atoms with van der Waals surface area (Å²) < 4.78 is 0. The number of hydrogen-bond acceptors (Lipinski definition) is 6. The van der Waals surface area contributed by atoms with Crippen LogP contribution < -0.4 is 11.2 Å². The molecule has 1 unspecified atom stereocenters. The van der Waals surface area contributed by atoms with Crippen molar-refractivity contribution in [3.05, 3.63) is 29.8 Å². The first kappa shape index (κ1) is 14.2. The number of benzene rings is 1. The van der Waals surface area contributed by atoms with Gasteiger partial charge in [-0.3, -0.25) is 10.2 Å². The van der Waals surface area contributed by atoms with Crippen LogP contribution in [0, 0.1) is 22.7 Å². The van der Waals surface area contributed by atoms with Crippen molar-refractivity contribution in [2.24, 2.45) is 10.8 Å². The molecule has 0 amide bonds. The van der Waals surface area contributed by atoms with Crippen molar-refractivity contribution in [3.8, 4) is 12.1 Å². The van der Waals surface area contributed by atoms with Crippen molar-refractivity contribution in [1.29, 1.82) is 10.5 Å².